The van der Waals surface area contributed by atoms with Crippen LogP contribution in [0.5, 0.6) is 0 Å². The quantitative estimate of drug-likeness (QED) is 0.445. The molecule has 5 heterocycles. The van der Waals surface area contributed by atoms with Gasteiger partial charge in [-0.25, -0.2) is 9.50 Å². The standard InChI is InChI=1S/C29H37N7O2/c1-33-13-22-15-34(16-23(22)14-33)11-6-5-9-27(38)35-12-10-25-24(17-35)18-36-28(25)29(30-20-31-36)32-26(19-37)21-7-3-2-4-8-21/h2-5,7-9,18,20,22-23,26,37H,6,10-17,19H2,1H3,(H,30,31,32)/b9-5+/t22?,23?,26-/m1/s1. The molecule has 9 heteroatoms. The van der Waals surface area contributed by atoms with E-state index in [1.165, 1.54) is 32.5 Å². The van der Waals surface area contributed by atoms with E-state index in [0.717, 1.165) is 53.4 Å². The Balaban J connectivity index is 1.08. The third kappa shape index (κ3) is 5.06. The van der Waals surface area contributed by atoms with Gasteiger partial charge in [-0.2, -0.15) is 5.10 Å². The van der Waals surface area contributed by atoms with E-state index in [1.807, 2.05) is 52.0 Å². The summed E-state index contributed by atoms with van der Waals surface area (Å²) in [5.74, 6) is 2.40. The molecule has 3 aromatic rings. The van der Waals surface area contributed by atoms with Gasteiger partial charge >= 0.3 is 0 Å². The lowest BCUT2D eigenvalue weighted by Gasteiger charge is -2.26. The van der Waals surface area contributed by atoms with Gasteiger partial charge in [0, 0.05) is 52.0 Å². The van der Waals surface area contributed by atoms with E-state index in [4.69, 9.17) is 0 Å². The summed E-state index contributed by atoms with van der Waals surface area (Å²) in [6.07, 6.45) is 8.97. The van der Waals surface area contributed by atoms with Gasteiger partial charge in [-0.15, -0.1) is 0 Å². The number of anilines is 1. The molecule has 200 valence electrons. The zero-order valence-electron chi connectivity index (χ0n) is 22.0. The molecule has 0 bridgehead atoms. The Morgan fingerprint density at radius 2 is 1.97 bits per heavy atom. The summed E-state index contributed by atoms with van der Waals surface area (Å²) in [5.41, 5.74) is 4.17. The number of likely N-dealkylation sites (tertiary alicyclic amines) is 2. The minimum atomic E-state index is -0.270. The minimum Gasteiger partial charge on any atom is -0.394 e. The number of carbonyl (C=O) groups is 1. The average molecular weight is 516 g/mol. The summed E-state index contributed by atoms with van der Waals surface area (Å²) >= 11 is 0. The van der Waals surface area contributed by atoms with Crippen LogP contribution in [0.2, 0.25) is 0 Å². The lowest BCUT2D eigenvalue weighted by atomic mass is 10.0. The van der Waals surface area contributed by atoms with Crippen LogP contribution in [0.4, 0.5) is 5.82 Å². The molecule has 1 aromatic carbocycles. The van der Waals surface area contributed by atoms with Crippen LogP contribution in [0.15, 0.2) is 55.0 Å². The lowest BCUT2D eigenvalue weighted by Crippen LogP contribution is -2.34. The number of aliphatic hydroxyl groups is 1. The molecule has 0 aliphatic carbocycles. The van der Waals surface area contributed by atoms with Crippen LogP contribution in [0.3, 0.4) is 0 Å². The topological polar surface area (TPSA) is 89.2 Å². The first kappa shape index (κ1) is 25.0. The summed E-state index contributed by atoms with van der Waals surface area (Å²) in [6, 6.07) is 9.60. The highest BCUT2D eigenvalue weighted by Gasteiger charge is 2.38. The molecular weight excluding hydrogens is 478 g/mol. The minimum absolute atomic E-state index is 0.0477. The molecule has 2 fully saturated rings. The van der Waals surface area contributed by atoms with Gasteiger partial charge in [-0.3, -0.25) is 4.79 Å². The van der Waals surface area contributed by atoms with Crippen molar-refractivity contribution in [1.82, 2.24) is 29.3 Å². The maximum absolute atomic E-state index is 13.0. The van der Waals surface area contributed by atoms with Crippen molar-refractivity contribution >= 4 is 17.2 Å². The van der Waals surface area contributed by atoms with Gasteiger partial charge < -0.3 is 25.1 Å². The summed E-state index contributed by atoms with van der Waals surface area (Å²) in [7, 11) is 2.22. The fraction of sp³-hybridized carbons (Fsp3) is 0.483. The fourth-order valence-corrected chi connectivity index (χ4v) is 6.50. The molecule has 2 N–H and O–H groups in total. The highest BCUT2D eigenvalue weighted by molar-refractivity contribution is 5.88. The van der Waals surface area contributed by atoms with Gasteiger partial charge in [-0.1, -0.05) is 36.4 Å². The molecule has 9 nitrogen and oxygen atoms in total. The van der Waals surface area contributed by atoms with Gasteiger partial charge in [0.15, 0.2) is 5.82 Å². The second-order valence-corrected chi connectivity index (χ2v) is 11.0. The molecule has 3 aliphatic heterocycles. The van der Waals surface area contributed by atoms with Crippen molar-refractivity contribution in [3.63, 3.8) is 0 Å². The molecule has 3 aliphatic rings. The van der Waals surface area contributed by atoms with Gasteiger partial charge in [0.1, 0.15) is 11.8 Å². The third-order valence-electron chi connectivity index (χ3n) is 8.38. The van der Waals surface area contributed by atoms with Crippen molar-refractivity contribution in [2.75, 3.05) is 58.2 Å². The van der Waals surface area contributed by atoms with Crippen LogP contribution in [-0.4, -0.2) is 93.2 Å². The molecule has 3 atom stereocenters. The first-order chi connectivity index (χ1) is 18.6. The van der Waals surface area contributed by atoms with E-state index in [2.05, 4.69) is 32.2 Å². The molecule has 0 saturated carbocycles. The van der Waals surface area contributed by atoms with E-state index in [0.29, 0.717) is 18.9 Å². The number of carbonyl (C=O) groups excluding carboxylic acids is 1. The maximum atomic E-state index is 13.0. The van der Waals surface area contributed by atoms with Crippen LogP contribution in [0.1, 0.15) is 29.2 Å². The molecular formula is C29H37N7O2. The first-order valence-corrected chi connectivity index (χ1v) is 13.7. The largest absolute Gasteiger partial charge is 0.394 e. The van der Waals surface area contributed by atoms with E-state index in [-0.39, 0.29) is 18.6 Å². The van der Waals surface area contributed by atoms with Gasteiger partial charge in [-0.05, 0) is 54.5 Å². The summed E-state index contributed by atoms with van der Waals surface area (Å²) in [5, 5.41) is 17.9. The predicted molar refractivity (Wildman–Crippen MR) is 147 cm³/mol. The van der Waals surface area contributed by atoms with Gasteiger partial charge in [0.25, 0.3) is 0 Å². The Labute approximate surface area is 223 Å². The van der Waals surface area contributed by atoms with Crippen LogP contribution in [0, 0.1) is 11.8 Å². The van der Waals surface area contributed by atoms with Gasteiger partial charge in [0.2, 0.25) is 5.91 Å². The molecule has 2 aromatic heterocycles. The number of nitrogens with zero attached hydrogens (tertiary/aromatic N) is 6. The van der Waals surface area contributed by atoms with E-state index >= 15 is 0 Å². The first-order valence-electron chi connectivity index (χ1n) is 13.7. The zero-order chi connectivity index (χ0) is 26.1. The highest BCUT2D eigenvalue weighted by atomic mass is 16.3. The van der Waals surface area contributed by atoms with Crippen LogP contribution in [0.25, 0.3) is 5.52 Å². The number of fused-ring (bicyclic) bond motifs is 4. The van der Waals surface area contributed by atoms with Gasteiger partial charge in [0.05, 0.1) is 12.6 Å². The van der Waals surface area contributed by atoms with E-state index in [9.17, 15) is 9.90 Å². The van der Waals surface area contributed by atoms with Crippen molar-refractivity contribution in [2.45, 2.75) is 25.4 Å². The molecule has 0 radical (unpaired) electrons. The average Bonchev–Trinajstić information content (AvgIpc) is 3.60. The summed E-state index contributed by atoms with van der Waals surface area (Å²) < 4.78 is 1.84. The maximum Gasteiger partial charge on any atom is 0.246 e. The molecule has 2 unspecified atom stereocenters. The molecule has 2 saturated heterocycles. The summed E-state index contributed by atoms with van der Waals surface area (Å²) in [4.78, 5) is 24.4. The van der Waals surface area contributed by atoms with Crippen molar-refractivity contribution in [3.05, 3.63) is 71.7 Å². The Kier molecular flexibility index (Phi) is 7.14. The molecule has 1 amide bonds. The van der Waals surface area contributed by atoms with Crippen molar-refractivity contribution in [3.8, 4) is 0 Å². The lowest BCUT2D eigenvalue weighted by molar-refractivity contribution is -0.126. The Hall–Kier alpha value is -3.27. The number of hydrogen-bond acceptors (Lipinski definition) is 7. The van der Waals surface area contributed by atoms with E-state index in [1.54, 1.807) is 6.08 Å². The number of nitrogens with one attached hydrogen (secondary N) is 1. The van der Waals surface area contributed by atoms with Crippen LogP contribution < -0.4 is 5.32 Å². The van der Waals surface area contributed by atoms with Crippen LogP contribution >= 0.6 is 0 Å². The second kappa shape index (κ2) is 10.8. The SMILES string of the molecule is CN1CC2CN(CC/C=C/C(=O)N3CCc4c(cn5ncnc(N[C@H](CO)c6ccccc6)c45)C3)CC2C1. The smallest absolute Gasteiger partial charge is 0.246 e. The number of aromatic nitrogens is 3. The van der Waals surface area contributed by atoms with Crippen molar-refractivity contribution < 1.29 is 9.90 Å². The molecule has 38 heavy (non-hydrogen) atoms. The predicted octanol–water partition coefficient (Wildman–Crippen LogP) is 2.20. The normalized spacial score (nSPS) is 22.7. The number of aliphatic hydroxyl groups excluding tert-OH is 1. The van der Waals surface area contributed by atoms with E-state index < -0.39 is 0 Å². The number of benzene rings is 1. The molecule has 0 spiro atoms. The Bertz CT molecular complexity index is 1290. The molecule has 6 rings (SSSR count). The summed E-state index contributed by atoms with van der Waals surface area (Å²) in [6.45, 7) is 7.03. The second-order valence-electron chi connectivity index (χ2n) is 11.0. The highest BCUT2D eigenvalue weighted by Crippen LogP contribution is 2.31. The fourth-order valence-electron chi connectivity index (χ4n) is 6.50. The van der Waals surface area contributed by atoms with Crippen molar-refractivity contribution in [1.29, 1.82) is 0 Å². The zero-order valence-corrected chi connectivity index (χ0v) is 22.0. The Morgan fingerprint density at radius 1 is 1.18 bits per heavy atom. The Morgan fingerprint density at radius 3 is 2.74 bits per heavy atom. The third-order valence-corrected chi connectivity index (χ3v) is 8.38. The number of hydrogen-bond donors (Lipinski definition) is 2. The number of amides is 1. The van der Waals surface area contributed by atoms with Crippen LogP contribution in [-0.2, 0) is 17.8 Å². The number of rotatable bonds is 8. The van der Waals surface area contributed by atoms with Crippen molar-refractivity contribution in [2.24, 2.45) is 11.8 Å². The monoisotopic (exact) mass is 515 g/mol.